The summed E-state index contributed by atoms with van der Waals surface area (Å²) in [5.41, 5.74) is 9.85. The Balaban J connectivity index is 1.30. The number of fused-ring (bicyclic) bond motifs is 6. The van der Waals surface area contributed by atoms with Crippen LogP contribution in [0.1, 0.15) is 70.7 Å². The first-order valence-corrected chi connectivity index (χ1v) is 22.8. The summed E-state index contributed by atoms with van der Waals surface area (Å²) in [5, 5.41) is 20.0. The quantitative estimate of drug-likeness (QED) is 0.126. The van der Waals surface area contributed by atoms with Crippen molar-refractivity contribution in [3.8, 4) is 28.1 Å². The highest BCUT2D eigenvalue weighted by atomic mass is 16.5. The molecule has 65 heavy (non-hydrogen) atoms. The van der Waals surface area contributed by atoms with E-state index in [1.807, 2.05) is 39.1 Å². The molecule has 2 saturated heterocycles. The minimum Gasteiger partial charge on any atom is -0.508 e. The van der Waals surface area contributed by atoms with Crippen molar-refractivity contribution < 1.29 is 33.8 Å². The molecule has 3 aliphatic rings. The van der Waals surface area contributed by atoms with Crippen molar-refractivity contribution in [1.82, 2.24) is 40.4 Å². The third-order valence-corrected chi connectivity index (χ3v) is 13.0. The largest absolute Gasteiger partial charge is 0.508 e. The van der Waals surface area contributed by atoms with Crippen molar-refractivity contribution in [2.45, 2.75) is 97.9 Å². The number of pyridine rings is 1. The molecule has 0 radical (unpaired) electrons. The second-order valence-corrected chi connectivity index (χ2v) is 18.9. The van der Waals surface area contributed by atoms with Crippen LogP contribution in [0.4, 0.5) is 0 Å². The van der Waals surface area contributed by atoms with Crippen LogP contribution in [0.15, 0.2) is 67.4 Å². The van der Waals surface area contributed by atoms with Crippen LogP contribution >= 0.6 is 0 Å². The molecule has 4 N–H and O–H groups in total. The van der Waals surface area contributed by atoms with Crippen molar-refractivity contribution in [3.05, 3.63) is 84.2 Å². The maximum Gasteiger partial charge on any atom is 0.324 e. The van der Waals surface area contributed by atoms with Gasteiger partial charge in [-0.05, 0) is 110 Å². The zero-order chi connectivity index (χ0) is 46.7. The molecule has 0 saturated carbocycles. The number of phenols is 1. The highest BCUT2D eigenvalue weighted by Gasteiger charge is 2.40. The average molecular weight is 889 g/mol. The Morgan fingerprint density at radius 1 is 1.09 bits per heavy atom. The van der Waals surface area contributed by atoms with Crippen LogP contribution in [0, 0.1) is 17.3 Å². The molecule has 7 rings (SSSR count). The van der Waals surface area contributed by atoms with Gasteiger partial charge in [-0.25, -0.2) is 5.43 Å². The fraction of sp³-hybridized carbons (Fsp3) is 0.480. The number of nitrogens with one attached hydrogen (secondary N) is 3. The van der Waals surface area contributed by atoms with Crippen LogP contribution < -0.4 is 16.1 Å². The van der Waals surface area contributed by atoms with Gasteiger partial charge in [0.15, 0.2) is 0 Å². The third-order valence-electron chi connectivity index (χ3n) is 13.0. The van der Waals surface area contributed by atoms with E-state index in [2.05, 4.69) is 66.2 Å². The van der Waals surface area contributed by atoms with E-state index in [1.165, 1.54) is 16.0 Å². The van der Waals surface area contributed by atoms with E-state index >= 15 is 0 Å². The first-order chi connectivity index (χ1) is 31.0. The molecule has 2 fully saturated rings. The number of esters is 1. The van der Waals surface area contributed by atoms with E-state index < -0.39 is 47.2 Å². The second kappa shape index (κ2) is 19.6. The van der Waals surface area contributed by atoms with Crippen molar-refractivity contribution in [2.24, 2.45) is 17.3 Å². The lowest BCUT2D eigenvalue weighted by Crippen LogP contribution is -2.62. The molecule has 4 atom stereocenters. The van der Waals surface area contributed by atoms with Gasteiger partial charge in [0, 0.05) is 74.3 Å². The van der Waals surface area contributed by atoms with Gasteiger partial charge in [0.2, 0.25) is 17.7 Å². The highest BCUT2D eigenvalue weighted by Crippen LogP contribution is 2.41. The molecule has 4 amide bonds. The van der Waals surface area contributed by atoms with Crippen LogP contribution in [0.5, 0.6) is 5.75 Å². The number of aromatic nitrogens is 2. The number of aromatic hydroxyl groups is 1. The number of amides is 4. The van der Waals surface area contributed by atoms with Gasteiger partial charge in [-0.1, -0.05) is 46.4 Å². The number of hydrogen-bond donors (Lipinski definition) is 4. The minimum absolute atomic E-state index is 0.00369. The summed E-state index contributed by atoms with van der Waals surface area (Å²) in [4.78, 5) is 77.1. The number of benzene rings is 2. The van der Waals surface area contributed by atoms with E-state index in [-0.39, 0.29) is 49.6 Å². The topological polar surface area (TPSA) is 178 Å². The lowest BCUT2D eigenvalue weighted by atomic mass is 9.84. The summed E-state index contributed by atoms with van der Waals surface area (Å²) >= 11 is 0. The molecule has 15 heteroatoms. The maximum absolute atomic E-state index is 14.7. The lowest BCUT2D eigenvalue weighted by Gasteiger charge is -2.37. The molecule has 0 spiro atoms. The smallest absolute Gasteiger partial charge is 0.324 e. The van der Waals surface area contributed by atoms with Crippen LogP contribution in [-0.4, -0.2) is 118 Å². The SMILES string of the molecule is C=CC(=O)N1CC[C@H](C(=O)N(C)C(C(=O)N[C@H]2Cc3cc(O)cc(c3)-c3ccc4c(c3)c(c(-c3cccnc3CNC)n4CC)CC(C)(C)COC(=O)[C@@H]3CCCN(N3)C2=O)C(C)C)C1. The number of likely N-dealkylation sites (N-methyl/N-ethyl adjacent to an activating group) is 1. The minimum atomic E-state index is -1.16. The number of hydrogen-bond acceptors (Lipinski definition) is 10. The number of aryl methyl sites for hydroxylation is 1. The van der Waals surface area contributed by atoms with Crippen LogP contribution in [0.25, 0.3) is 33.3 Å². The molecule has 3 aliphatic heterocycles. The number of hydrazine groups is 1. The second-order valence-electron chi connectivity index (χ2n) is 18.9. The third kappa shape index (κ3) is 9.96. The monoisotopic (exact) mass is 888 g/mol. The number of ether oxygens (including phenoxy) is 1. The molecular weight excluding hydrogens is 825 g/mol. The summed E-state index contributed by atoms with van der Waals surface area (Å²) in [5.74, 6) is -2.83. The maximum atomic E-state index is 14.7. The van der Waals surface area contributed by atoms with Crippen LogP contribution in [-0.2, 0) is 54.6 Å². The van der Waals surface area contributed by atoms with Crippen molar-refractivity contribution in [3.63, 3.8) is 0 Å². The zero-order valence-electron chi connectivity index (χ0n) is 38.8. The molecule has 1 unspecified atom stereocenters. The van der Waals surface area contributed by atoms with Crippen LogP contribution in [0.2, 0.25) is 0 Å². The van der Waals surface area contributed by atoms with Gasteiger partial charge >= 0.3 is 5.97 Å². The Morgan fingerprint density at radius 3 is 2.60 bits per heavy atom. The van der Waals surface area contributed by atoms with E-state index in [0.29, 0.717) is 50.9 Å². The summed E-state index contributed by atoms with van der Waals surface area (Å²) in [7, 11) is 3.48. The average Bonchev–Trinajstić information content (AvgIpc) is 3.90. The molecule has 15 nitrogen and oxygen atoms in total. The van der Waals surface area contributed by atoms with E-state index in [0.717, 1.165) is 44.5 Å². The molecule has 6 bridgehead atoms. The van der Waals surface area contributed by atoms with Crippen LogP contribution in [0.3, 0.4) is 0 Å². The fourth-order valence-electron chi connectivity index (χ4n) is 9.87. The Hall–Kier alpha value is -6.06. The number of nitrogens with zero attached hydrogens (tertiary/aromatic N) is 5. The van der Waals surface area contributed by atoms with Gasteiger partial charge in [-0.2, -0.15) is 0 Å². The predicted octanol–water partition coefficient (Wildman–Crippen LogP) is 4.98. The normalized spacial score (nSPS) is 20.6. The van der Waals surface area contributed by atoms with Gasteiger partial charge in [0.25, 0.3) is 5.91 Å². The molecule has 2 aromatic carbocycles. The van der Waals surface area contributed by atoms with Gasteiger partial charge in [0.1, 0.15) is 23.9 Å². The first kappa shape index (κ1) is 46.9. The summed E-state index contributed by atoms with van der Waals surface area (Å²) < 4.78 is 8.41. The number of carbonyl (C=O) groups excluding carboxylic acids is 5. The van der Waals surface area contributed by atoms with Crippen molar-refractivity contribution in [2.75, 3.05) is 40.3 Å². The zero-order valence-corrected chi connectivity index (χ0v) is 38.8. The molecule has 5 heterocycles. The van der Waals surface area contributed by atoms with E-state index in [4.69, 9.17) is 9.72 Å². The Morgan fingerprint density at radius 2 is 1.88 bits per heavy atom. The van der Waals surface area contributed by atoms with Gasteiger partial charge < -0.3 is 34.8 Å². The highest BCUT2D eigenvalue weighted by molar-refractivity contribution is 5.96. The van der Waals surface area contributed by atoms with Gasteiger partial charge in [-0.3, -0.25) is 34.0 Å². The van der Waals surface area contributed by atoms with E-state index in [9.17, 15) is 29.1 Å². The molecule has 346 valence electrons. The number of rotatable bonds is 10. The lowest BCUT2D eigenvalue weighted by molar-refractivity contribution is -0.155. The van der Waals surface area contributed by atoms with E-state index in [1.54, 1.807) is 30.3 Å². The summed E-state index contributed by atoms with van der Waals surface area (Å²) in [6.45, 7) is 15.8. The number of likely N-dealkylation sites (tertiary alicyclic amines) is 1. The number of cyclic esters (lactones) is 1. The Bertz CT molecular complexity index is 2480. The number of carbonyl (C=O) groups is 5. The van der Waals surface area contributed by atoms with Crippen molar-refractivity contribution >= 4 is 40.5 Å². The Kier molecular flexibility index (Phi) is 14.1. The molecule has 2 aromatic heterocycles. The standard InChI is InChI=1S/C50H64N8O7/c1-9-43(60)56-20-17-33(28-56)47(62)55(8)44(30(3)4)46(61)53-40-23-31-21-34(24-35(59)22-31)32-15-16-42-37(25-32)38(45(57(42)10-2)36-13-11-18-52-41(36)27-51-7)26-50(5,6)29-65-49(64)39-14-12-19-58(54-39)48(40)63/h9,11,13,15-16,18,21-22,24-25,30,33,39-40,44,51,54,59H,1,10,12,14,17,19-20,23,26-29H2,2-8H3,(H,53,61)/t33-,39-,40-,44?/m0/s1. The molecular formula is C50H64N8O7. The Labute approximate surface area is 381 Å². The summed E-state index contributed by atoms with van der Waals surface area (Å²) in [6.07, 6.45) is 5.01. The molecule has 0 aliphatic carbocycles. The van der Waals surface area contributed by atoms with Gasteiger partial charge in [0.05, 0.1) is 23.9 Å². The predicted molar refractivity (Wildman–Crippen MR) is 249 cm³/mol. The number of phenolic OH excluding ortho intramolecular Hbond substituents is 1. The molecule has 4 aromatic rings. The summed E-state index contributed by atoms with van der Waals surface area (Å²) in [6, 6.07) is 12.6. The van der Waals surface area contributed by atoms with Crippen molar-refractivity contribution in [1.29, 1.82) is 0 Å². The fourth-order valence-corrected chi connectivity index (χ4v) is 9.87. The van der Waals surface area contributed by atoms with Gasteiger partial charge in [-0.15, -0.1) is 0 Å². The first-order valence-electron chi connectivity index (χ1n) is 22.8.